The van der Waals surface area contributed by atoms with Gasteiger partial charge in [0.05, 0.1) is 11.8 Å². The zero-order chi connectivity index (χ0) is 34.3. The molecule has 2 amide bonds. The first-order valence-electron chi connectivity index (χ1n) is 16.6. The highest BCUT2D eigenvalue weighted by atomic mass is 16.6. The third kappa shape index (κ3) is 7.52. The van der Waals surface area contributed by atoms with Crippen LogP contribution in [-0.2, 0) is 20.9 Å². The van der Waals surface area contributed by atoms with Crippen LogP contribution >= 0.6 is 0 Å². The summed E-state index contributed by atoms with van der Waals surface area (Å²) in [5, 5.41) is 10.5. The van der Waals surface area contributed by atoms with Crippen molar-refractivity contribution in [2.24, 2.45) is 10.9 Å². The summed E-state index contributed by atoms with van der Waals surface area (Å²) in [6, 6.07) is 33.3. The molecule has 4 aromatic rings. The van der Waals surface area contributed by atoms with E-state index in [0.29, 0.717) is 28.9 Å². The van der Waals surface area contributed by atoms with Gasteiger partial charge in [0.25, 0.3) is 0 Å². The molecule has 0 spiro atoms. The molecular weight excluding hydrogens is 618 g/mol. The van der Waals surface area contributed by atoms with Crippen molar-refractivity contribution in [2.45, 2.75) is 50.9 Å². The minimum Gasteiger partial charge on any atom is -0.480 e. The number of nitrogens with zero attached hydrogens (tertiary/aromatic N) is 3. The first-order chi connectivity index (χ1) is 23.8. The van der Waals surface area contributed by atoms with Crippen molar-refractivity contribution in [1.82, 2.24) is 9.80 Å². The highest BCUT2D eigenvalue weighted by Crippen LogP contribution is 2.31. The fraction of sp³-hybridized carbons (Fsp3) is 0.275. The summed E-state index contributed by atoms with van der Waals surface area (Å²) in [5.41, 5.74) is 3.88. The molecule has 2 fully saturated rings. The van der Waals surface area contributed by atoms with Crippen LogP contribution in [-0.4, -0.2) is 69.6 Å². The van der Waals surface area contributed by atoms with E-state index in [9.17, 15) is 24.3 Å². The number of Topliss-reactive ketones (excluding diaryl/α,β-unsaturated/α-hetero) is 1. The van der Waals surface area contributed by atoms with Crippen LogP contribution in [0.5, 0.6) is 0 Å². The summed E-state index contributed by atoms with van der Waals surface area (Å²) in [4.78, 5) is 61.5. The van der Waals surface area contributed by atoms with Gasteiger partial charge in [-0.2, -0.15) is 0 Å². The number of rotatable bonds is 12. The number of carbonyl (C=O) groups is 4. The molecule has 9 nitrogen and oxygen atoms in total. The Morgan fingerprint density at radius 2 is 1.47 bits per heavy atom. The van der Waals surface area contributed by atoms with Crippen molar-refractivity contribution in [3.8, 4) is 0 Å². The normalized spacial score (nSPS) is 19.3. The number of aliphatic imine (C=N–C) groups is 1. The van der Waals surface area contributed by atoms with Crippen molar-refractivity contribution in [3.05, 3.63) is 143 Å². The summed E-state index contributed by atoms with van der Waals surface area (Å²) in [6.45, 7) is 3.12. The quantitative estimate of drug-likeness (QED) is 0.135. The maximum Gasteiger partial charge on any atom is 0.417 e. The molecule has 2 aliphatic rings. The lowest BCUT2D eigenvalue weighted by molar-refractivity contribution is -0.140. The first-order valence-corrected chi connectivity index (χ1v) is 16.6. The number of carboxylic acids is 1. The summed E-state index contributed by atoms with van der Waals surface area (Å²) in [7, 11) is 0. The molecule has 0 saturated carbocycles. The van der Waals surface area contributed by atoms with Crippen molar-refractivity contribution in [1.29, 1.82) is 0 Å². The Hall–Kier alpha value is -5.41. The lowest BCUT2D eigenvalue weighted by Gasteiger charge is -2.25. The van der Waals surface area contributed by atoms with Gasteiger partial charge < -0.3 is 9.84 Å². The van der Waals surface area contributed by atoms with E-state index in [0.717, 1.165) is 35.4 Å². The summed E-state index contributed by atoms with van der Waals surface area (Å²) in [5.74, 6) is -2.59. The molecule has 0 aromatic heterocycles. The van der Waals surface area contributed by atoms with E-state index >= 15 is 0 Å². The molecular formula is C40H39N3O6. The molecule has 250 valence electrons. The number of hydrogen-bond acceptors (Lipinski definition) is 7. The highest BCUT2D eigenvalue weighted by Gasteiger charge is 2.40. The number of amides is 2. The van der Waals surface area contributed by atoms with Crippen LogP contribution in [0, 0.1) is 5.92 Å². The summed E-state index contributed by atoms with van der Waals surface area (Å²) >= 11 is 0. The van der Waals surface area contributed by atoms with E-state index in [1.807, 2.05) is 91.0 Å². The number of benzene rings is 4. The minimum atomic E-state index is -1.35. The number of likely N-dealkylation sites (tertiary alicyclic amines) is 1. The van der Waals surface area contributed by atoms with Gasteiger partial charge in [-0.25, -0.2) is 14.5 Å². The lowest BCUT2D eigenvalue weighted by Crippen LogP contribution is -2.38. The van der Waals surface area contributed by atoms with Crippen LogP contribution in [0.25, 0.3) is 0 Å². The fourth-order valence-electron chi connectivity index (χ4n) is 6.78. The molecule has 0 unspecified atom stereocenters. The molecule has 4 aromatic carbocycles. The Morgan fingerprint density at radius 1 is 0.857 bits per heavy atom. The molecule has 1 N–H and O–H groups in total. The molecule has 49 heavy (non-hydrogen) atoms. The zero-order valence-electron chi connectivity index (χ0n) is 27.4. The number of cyclic esters (lactones) is 1. The van der Waals surface area contributed by atoms with Crippen LogP contribution in [0.4, 0.5) is 4.79 Å². The van der Waals surface area contributed by atoms with Crippen LogP contribution < -0.4 is 0 Å². The van der Waals surface area contributed by atoms with Crippen LogP contribution in [0.3, 0.4) is 0 Å². The number of imide groups is 1. The van der Waals surface area contributed by atoms with E-state index < -0.39 is 36.0 Å². The Bertz CT molecular complexity index is 1830. The van der Waals surface area contributed by atoms with Crippen LogP contribution in [0.15, 0.2) is 120 Å². The van der Waals surface area contributed by atoms with Crippen molar-refractivity contribution < 1.29 is 29.0 Å². The maximum absolute atomic E-state index is 14.3. The molecule has 6 rings (SSSR count). The topological polar surface area (TPSA) is 117 Å². The van der Waals surface area contributed by atoms with Gasteiger partial charge in [-0.05, 0) is 36.4 Å². The van der Waals surface area contributed by atoms with Crippen molar-refractivity contribution >= 4 is 29.5 Å². The Labute approximate surface area is 285 Å². The zero-order valence-corrected chi connectivity index (χ0v) is 27.4. The Morgan fingerprint density at radius 3 is 2.14 bits per heavy atom. The molecule has 9 heteroatoms. The van der Waals surface area contributed by atoms with Crippen LogP contribution in [0.1, 0.15) is 64.8 Å². The van der Waals surface area contributed by atoms with E-state index in [1.165, 1.54) is 0 Å². The van der Waals surface area contributed by atoms with Gasteiger partial charge in [0.2, 0.25) is 5.91 Å². The third-order valence-corrected chi connectivity index (χ3v) is 9.27. The summed E-state index contributed by atoms with van der Waals surface area (Å²) < 4.78 is 5.23. The van der Waals surface area contributed by atoms with E-state index in [1.54, 1.807) is 19.1 Å². The first kappa shape index (κ1) is 33.5. The Kier molecular flexibility index (Phi) is 10.4. The van der Waals surface area contributed by atoms with Gasteiger partial charge in [0, 0.05) is 29.7 Å². The molecule has 0 bridgehead atoms. The van der Waals surface area contributed by atoms with Gasteiger partial charge in [-0.15, -0.1) is 0 Å². The van der Waals surface area contributed by atoms with Gasteiger partial charge in [-0.3, -0.25) is 19.5 Å². The average Bonchev–Trinajstić information content (AvgIpc) is 3.75. The van der Waals surface area contributed by atoms with Gasteiger partial charge in [0.15, 0.2) is 11.8 Å². The summed E-state index contributed by atoms with van der Waals surface area (Å²) in [6.07, 6.45) is 0.607. The Balaban J connectivity index is 1.31. The largest absolute Gasteiger partial charge is 0.480 e. The second-order valence-electron chi connectivity index (χ2n) is 12.6. The number of aliphatic carboxylic acids is 1. The number of ether oxygens (including phenoxy) is 1. The third-order valence-electron chi connectivity index (χ3n) is 9.27. The van der Waals surface area contributed by atoms with Gasteiger partial charge in [-0.1, -0.05) is 122 Å². The van der Waals surface area contributed by atoms with Crippen molar-refractivity contribution in [2.75, 3.05) is 13.2 Å². The predicted molar refractivity (Wildman–Crippen MR) is 185 cm³/mol. The standard InChI is InChI=1S/C40H39N3O6/c1-27(24-35(44)43-34(26-49-40(43)48)29-16-7-3-8-17-29)36(39(46)47)41-37(30-18-9-4-10-19-30)31-20-11-12-21-32(31)38(45)33-22-13-23-42(33)25-28-14-5-2-6-15-28/h2-12,14-21,27,33-34,36H,13,22-26H2,1H3,(H,46,47)/t27-,33-,34+,36-/m0/s1. The fourth-order valence-corrected chi connectivity index (χ4v) is 6.78. The van der Waals surface area contributed by atoms with Crippen LogP contribution in [0.2, 0.25) is 0 Å². The molecule has 2 heterocycles. The smallest absolute Gasteiger partial charge is 0.417 e. The molecule has 0 aliphatic carbocycles. The maximum atomic E-state index is 14.3. The minimum absolute atomic E-state index is 0.0240. The van der Waals surface area contributed by atoms with Crippen molar-refractivity contribution in [3.63, 3.8) is 0 Å². The number of carboxylic acid groups (broad SMARTS) is 1. The van der Waals surface area contributed by atoms with E-state index in [2.05, 4.69) is 17.0 Å². The molecule has 4 atom stereocenters. The second-order valence-corrected chi connectivity index (χ2v) is 12.6. The van der Waals surface area contributed by atoms with E-state index in [-0.39, 0.29) is 24.9 Å². The number of hydrogen-bond donors (Lipinski definition) is 1. The number of carbonyl (C=O) groups excluding carboxylic acids is 3. The highest BCUT2D eigenvalue weighted by molar-refractivity contribution is 6.19. The lowest BCUT2D eigenvalue weighted by atomic mass is 9.91. The predicted octanol–water partition coefficient (Wildman–Crippen LogP) is 6.57. The molecule has 0 radical (unpaired) electrons. The SMILES string of the molecule is C[C@@H](CC(=O)N1C(=O)OC[C@@H]1c1ccccc1)[C@H](N=C(c1ccccc1)c1ccccc1C(=O)[C@@H]1CCCN1Cc1ccccc1)C(=O)O. The van der Waals surface area contributed by atoms with Gasteiger partial charge >= 0.3 is 12.1 Å². The van der Waals surface area contributed by atoms with Gasteiger partial charge in [0.1, 0.15) is 12.6 Å². The average molecular weight is 658 g/mol. The number of ketones is 1. The second kappa shape index (κ2) is 15.2. The van der Waals surface area contributed by atoms with E-state index in [4.69, 9.17) is 9.73 Å². The monoisotopic (exact) mass is 657 g/mol. The molecule has 2 saturated heterocycles. The molecule has 2 aliphatic heterocycles.